The maximum absolute atomic E-state index is 4.10. The Morgan fingerprint density at radius 2 is 1.72 bits per heavy atom. The molecule has 1 atom stereocenters. The van der Waals surface area contributed by atoms with Crippen molar-refractivity contribution in [1.29, 1.82) is 0 Å². The van der Waals surface area contributed by atoms with Gasteiger partial charge in [0.2, 0.25) is 0 Å². The zero-order valence-electron chi connectivity index (χ0n) is 12.3. The molecule has 1 N–H and O–H groups in total. The molecule has 2 nitrogen and oxygen atoms in total. The first-order chi connectivity index (χ1) is 8.41. The second-order valence-electron chi connectivity index (χ2n) is 6.64. The predicted octanol–water partition coefficient (Wildman–Crippen LogP) is 3.28. The number of aromatic nitrogens is 1. The molecule has 2 rings (SSSR count). The largest absolute Gasteiger partial charge is 0.314 e. The van der Waals surface area contributed by atoms with E-state index in [4.69, 9.17) is 0 Å². The average Bonchev–Trinajstić information content (AvgIpc) is 2.70. The van der Waals surface area contributed by atoms with Crippen molar-refractivity contribution in [1.82, 2.24) is 10.3 Å². The van der Waals surface area contributed by atoms with E-state index in [0.717, 1.165) is 18.9 Å². The van der Waals surface area contributed by atoms with Crippen LogP contribution in [0.3, 0.4) is 0 Å². The van der Waals surface area contributed by atoms with Gasteiger partial charge in [-0.25, -0.2) is 0 Å². The Hall–Kier alpha value is -0.890. The van der Waals surface area contributed by atoms with Crippen LogP contribution in [-0.4, -0.2) is 17.6 Å². The van der Waals surface area contributed by atoms with Gasteiger partial charge in [0.15, 0.2) is 0 Å². The van der Waals surface area contributed by atoms with E-state index in [1.807, 2.05) is 12.4 Å². The molecule has 0 saturated heterocycles. The lowest BCUT2D eigenvalue weighted by Crippen LogP contribution is -2.35. The molecule has 1 fully saturated rings. The Kier molecular flexibility index (Phi) is 3.50. The molecular formula is C16H26N2. The van der Waals surface area contributed by atoms with Gasteiger partial charge in [0, 0.05) is 18.4 Å². The van der Waals surface area contributed by atoms with Gasteiger partial charge in [0.05, 0.1) is 0 Å². The highest BCUT2D eigenvalue weighted by molar-refractivity contribution is 5.20. The molecular weight excluding hydrogens is 220 g/mol. The van der Waals surface area contributed by atoms with E-state index >= 15 is 0 Å². The first kappa shape index (κ1) is 13.5. The third kappa shape index (κ3) is 2.18. The quantitative estimate of drug-likeness (QED) is 0.862. The highest BCUT2D eigenvalue weighted by Gasteiger charge is 2.66. The molecule has 1 unspecified atom stereocenters. The summed E-state index contributed by atoms with van der Waals surface area (Å²) >= 11 is 0. The highest BCUT2D eigenvalue weighted by atomic mass is 15.0. The molecule has 2 heteroatoms. The number of likely N-dealkylation sites (N-methyl/N-ethyl adjacent to an activating group) is 1. The Labute approximate surface area is 111 Å². The molecule has 0 amide bonds. The van der Waals surface area contributed by atoms with Crippen LogP contribution in [0.1, 0.15) is 40.2 Å². The van der Waals surface area contributed by atoms with Gasteiger partial charge in [-0.15, -0.1) is 0 Å². The summed E-state index contributed by atoms with van der Waals surface area (Å²) in [6.07, 6.45) is 4.89. The normalized spacial score (nSPS) is 22.7. The average molecular weight is 246 g/mol. The van der Waals surface area contributed by atoms with Crippen molar-refractivity contribution in [2.24, 2.45) is 16.7 Å². The van der Waals surface area contributed by atoms with Crippen molar-refractivity contribution < 1.29 is 0 Å². The van der Waals surface area contributed by atoms with Crippen molar-refractivity contribution in [2.45, 2.75) is 47.1 Å². The number of nitrogens with zero attached hydrogens (tertiary/aromatic N) is 1. The fourth-order valence-corrected chi connectivity index (χ4v) is 3.60. The third-order valence-corrected chi connectivity index (χ3v) is 5.21. The minimum atomic E-state index is 0.437. The molecule has 0 bridgehead atoms. The molecule has 1 aromatic heterocycles. The lowest BCUT2D eigenvalue weighted by molar-refractivity contribution is 0.403. The van der Waals surface area contributed by atoms with Gasteiger partial charge >= 0.3 is 0 Å². The van der Waals surface area contributed by atoms with Crippen LogP contribution in [-0.2, 0) is 6.42 Å². The Bertz CT molecular complexity index is 381. The smallest absolute Gasteiger partial charge is 0.0270 e. The Morgan fingerprint density at radius 3 is 2.17 bits per heavy atom. The van der Waals surface area contributed by atoms with E-state index in [-0.39, 0.29) is 0 Å². The van der Waals surface area contributed by atoms with Gasteiger partial charge in [-0.05, 0) is 47.4 Å². The van der Waals surface area contributed by atoms with Crippen LogP contribution < -0.4 is 5.32 Å². The number of rotatable bonds is 5. The molecule has 1 aliphatic carbocycles. The first-order valence-corrected chi connectivity index (χ1v) is 7.03. The molecule has 1 aromatic rings. The molecule has 0 spiro atoms. The van der Waals surface area contributed by atoms with E-state index < -0.39 is 0 Å². The summed E-state index contributed by atoms with van der Waals surface area (Å²) in [6, 6.07) is 4.84. The Balaban J connectivity index is 2.11. The van der Waals surface area contributed by atoms with E-state index in [1.54, 1.807) is 0 Å². The topological polar surface area (TPSA) is 24.9 Å². The van der Waals surface area contributed by atoms with Crippen LogP contribution in [0.5, 0.6) is 0 Å². The van der Waals surface area contributed by atoms with Gasteiger partial charge in [-0.1, -0.05) is 34.6 Å². The lowest BCUT2D eigenvalue weighted by atomic mass is 9.97. The number of nitrogens with one attached hydrogen (secondary N) is 1. The second-order valence-corrected chi connectivity index (χ2v) is 6.64. The SMILES string of the molecule is CCNC(Cc1ccncc1)C1C(C)(C)C1(C)C. The summed E-state index contributed by atoms with van der Waals surface area (Å²) in [5.74, 6) is 0.748. The summed E-state index contributed by atoms with van der Waals surface area (Å²) in [7, 11) is 0. The zero-order valence-corrected chi connectivity index (χ0v) is 12.3. The minimum Gasteiger partial charge on any atom is -0.314 e. The summed E-state index contributed by atoms with van der Waals surface area (Å²) in [5.41, 5.74) is 2.26. The number of pyridine rings is 1. The van der Waals surface area contributed by atoms with Crippen molar-refractivity contribution in [3.63, 3.8) is 0 Å². The monoisotopic (exact) mass is 246 g/mol. The lowest BCUT2D eigenvalue weighted by Gasteiger charge is -2.20. The summed E-state index contributed by atoms with van der Waals surface area (Å²) in [4.78, 5) is 4.10. The van der Waals surface area contributed by atoms with Crippen molar-refractivity contribution >= 4 is 0 Å². The first-order valence-electron chi connectivity index (χ1n) is 7.03. The maximum atomic E-state index is 4.10. The van der Waals surface area contributed by atoms with Crippen molar-refractivity contribution in [3.05, 3.63) is 30.1 Å². The van der Waals surface area contributed by atoms with E-state index in [0.29, 0.717) is 16.9 Å². The molecule has 1 aliphatic rings. The molecule has 1 saturated carbocycles. The highest BCUT2D eigenvalue weighted by Crippen LogP contribution is 2.69. The molecule has 0 radical (unpaired) electrons. The van der Waals surface area contributed by atoms with E-state index in [9.17, 15) is 0 Å². The van der Waals surface area contributed by atoms with Gasteiger partial charge in [0.25, 0.3) is 0 Å². The van der Waals surface area contributed by atoms with Crippen molar-refractivity contribution in [2.75, 3.05) is 6.54 Å². The molecule has 0 aromatic carbocycles. The van der Waals surface area contributed by atoms with Crippen LogP contribution >= 0.6 is 0 Å². The molecule has 1 heterocycles. The van der Waals surface area contributed by atoms with E-state index in [2.05, 4.69) is 57.1 Å². The zero-order chi connectivity index (χ0) is 13.4. The van der Waals surface area contributed by atoms with Crippen LogP contribution in [0.25, 0.3) is 0 Å². The second kappa shape index (κ2) is 4.65. The fraction of sp³-hybridized carbons (Fsp3) is 0.688. The van der Waals surface area contributed by atoms with Crippen LogP contribution in [0.15, 0.2) is 24.5 Å². The van der Waals surface area contributed by atoms with Gasteiger partial charge in [-0.3, -0.25) is 4.98 Å². The summed E-state index contributed by atoms with van der Waals surface area (Å²) in [6.45, 7) is 12.8. The molecule has 100 valence electrons. The van der Waals surface area contributed by atoms with Gasteiger partial charge in [0.1, 0.15) is 0 Å². The minimum absolute atomic E-state index is 0.437. The summed E-state index contributed by atoms with van der Waals surface area (Å²) < 4.78 is 0. The summed E-state index contributed by atoms with van der Waals surface area (Å²) in [5, 5.41) is 3.68. The standard InChI is InChI=1S/C16H26N2/c1-6-18-13(11-12-7-9-17-10-8-12)14-15(2,3)16(14,4)5/h7-10,13-14,18H,6,11H2,1-5H3. The van der Waals surface area contributed by atoms with Crippen LogP contribution in [0.2, 0.25) is 0 Å². The van der Waals surface area contributed by atoms with E-state index in [1.165, 1.54) is 5.56 Å². The van der Waals surface area contributed by atoms with Gasteiger partial charge < -0.3 is 5.32 Å². The fourth-order valence-electron chi connectivity index (χ4n) is 3.60. The van der Waals surface area contributed by atoms with Crippen LogP contribution in [0, 0.1) is 16.7 Å². The third-order valence-electron chi connectivity index (χ3n) is 5.21. The molecule has 0 aliphatic heterocycles. The predicted molar refractivity (Wildman–Crippen MR) is 76.5 cm³/mol. The van der Waals surface area contributed by atoms with Crippen molar-refractivity contribution in [3.8, 4) is 0 Å². The Morgan fingerprint density at radius 1 is 1.17 bits per heavy atom. The molecule has 18 heavy (non-hydrogen) atoms. The maximum Gasteiger partial charge on any atom is 0.0270 e. The van der Waals surface area contributed by atoms with Gasteiger partial charge in [-0.2, -0.15) is 0 Å². The number of hydrogen-bond donors (Lipinski definition) is 1. The number of hydrogen-bond acceptors (Lipinski definition) is 2. The van der Waals surface area contributed by atoms with Crippen LogP contribution in [0.4, 0.5) is 0 Å².